The van der Waals surface area contributed by atoms with Crippen molar-refractivity contribution in [3.63, 3.8) is 0 Å². The highest BCUT2D eigenvalue weighted by atomic mass is 16.7. The summed E-state index contributed by atoms with van der Waals surface area (Å²) in [7, 11) is 1.65. The number of ether oxygens (including phenoxy) is 4. The minimum Gasteiger partial charge on any atom is -0.371 e. The molecule has 18 heavy (non-hydrogen) atoms. The molecule has 2 aliphatic heterocycles. The largest absolute Gasteiger partial charge is 0.371 e. The van der Waals surface area contributed by atoms with Gasteiger partial charge >= 0.3 is 0 Å². The van der Waals surface area contributed by atoms with Crippen molar-refractivity contribution in [2.24, 2.45) is 0 Å². The third kappa shape index (κ3) is 2.42. The molecular weight excluding hydrogens is 232 g/mol. The first-order valence-electron chi connectivity index (χ1n) is 6.32. The Morgan fingerprint density at radius 1 is 1.22 bits per heavy atom. The first kappa shape index (κ1) is 12.1. The number of hydrogen-bond acceptors (Lipinski definition) is 4. The van der Waals surface area contributed by atoms with Gasteiger partial charge in [0, 0.05) is 13.5 Å². The van der Waals surface area contributed by atoms with E-state index in [1.165, 1.54) is 5.56 Å². The smallest absolute Gasteiger partial charge is 0.183 e. The molecule has 4 nitrogen and oxygen atoms in total. The fraction of sp³-hybridized carbons (Fsp3) is 0.571. The lowest BCUT2D eigenvalue weighted by Crippen LogP contribution is -2.39. The zero-order valence-electron chi connectivity index (χ0n) is 10.5. The minimum absolute atomic E-state index is 0.00882. The average molecular weight is 250 g/mol. The van der Waals surface area contributed by atoms with E-state index in [0.29, 0.717) is 13.2 Å². The molecule has 0 aliphatic carbocycles. The lowest BCUT2D eigenvalue weighted by atomic mass is 10.1. The van der Waals surface area contributed by atoms with Gasteiger partial charge in [-0.05, 0) is 5.56 Å². The van der Waals surface area contributed by atoms with Gasteiger partial charge in [0.15, 0.2) is 6.29 Å². The van der Waals surface area contributed by atoms with Crippen LogP contribution in [0.15, 0.2) is 30.3 Å². The lowest BCUT2D eigenvalue weighted by Gasteiger charge is -2.28. The molecule has 0 amide bonds. The van der Waals surface area contributed by atoms with Crippen molar-refractivity contribution in [1.82, 2.24) is 0 Å². The van der Waals surface area contributed by atoms with E-state index in [4.69, 9.17) is 18.9 Å². The molecule has 1 aromatic rings. The summed E-state index contributed by atoms with van der Waals surface area (Å²) < 4.78 is 22.6. The standard InChI is InChI=1S/C14H18O4/c1-15-14-12-7-11(13(18-12)9-17-14)16-8-10-5-3-2-4-6-10/h2-6,11-14H,7-9H2,1H3/t11-,12+,13+,14-/m0/s1. The molecule has 4 atom stereocenters. The van der Waals surface area contributed by atoms with Crippen LogP contribution in [0.4, 0.5) is 0 Å². The Balaban J connectivity index is 1.56. The molecule has 0 aromatic heterocycles. The summed E-state index contributed by atoms with van der Waals surface area (Å²) in [4.78, 5) is 0. The number of fused-ring (bicyclic) bond motifs is 2. The molecule has 4 heteroatoms. The van der Waals surface area contributed by atoms with Gasteiger partial charge in [0.1, 0.15) is 12.2 Å². The van der Waals surface area contributed by atoms with Gasteiger partial charge in [-0.2, -0.15) is 0 Å². The van der Waals surface area contributed by atoms with E-state index in [9.17, 15) is 0 Å². The summed E-state index contributed by atoms with van der Waals surface area (Å²) >= 11 is 0. The van der Waals surface area contributed by atoms with Crippen molar-refractivity contribution >= 4 is 0 Å². The fourth-order valence-electron chi connectivity index (χ4n) is 2.54. The third-order valence-corrected chi connectivity index (χ3v) is 3.50. The molecule has 98 valence electrons. The Hall–Kier alpha value is -0.940. The van der Waals surface area contributed by atoms with Gasteiger partial charge in [-0.3, -0.25) is 0 Å². The first-order valence-corrected chi connectivity index (χ1v) is 6.32. The number of hydrogen-bond donors (Lipinski definition) is 0. The predicted molar refractivity (Wildman–Crippen MR) is 65.0 cm³/mol. The maximum atomic E-state index is 5.94. The van der Waals surface area contributed by atoms with E-state index in [1.54, 1.807) is 7.11 Å². The van der Waals surface area contributed by atoms with Crippen LogP contribution in [0.25, 0.3) is 0 Å². The van der Waals surface area contributed by atoms with Crippen molar-refractivity contribution in [1.29, 1.82) is 0 Å². The monoisotopic (exact) mass is 250 g/mol. The molecule has 1 aromatic carbocycles. The number of methoxy groups -OCH3 is 1. The van der Waals surface area contributed by atoms with Crippen molar-refractivity contribution < 1.29 is 18.9 Å². The second kappa shape index (κ2) is 5.36. The molecule has 0 N–H and O–H groups in total. The summed E-state index contributed by atoms with van der Waals surface area (Å²) in [6.07, 6.45) is 0.761. The van der Waals surface area contributed by atoms with Crippen LogP contribution in [-0.2, 0) is 25.6 Å². The van der Waals surface area contributed by atoms with E-state index in [2.05, 4.69) is 12.1 Å². The minimum atomic E-state index is -0.244. The normalized spacial score (nSPS) is 34.7. The van der Waals surface area contributed by atoms with Gasteiger partial charge < -0.3 is 18.9 Å². The quantitative estimate of drug-likeness (QED) is 0.815. The van der Waals surface area contributed by atoms with Crippen LogP contribution >= 0.6 is 0 Å². The average Bonchev–Trinajstić information content (AvgIpc) is 2.75. The number of rotatable bonds is 4. The van der Waals surface area contributed by atoms with E-state index >= 15 is 0 Å². The second-order valence-corrected chi connectivity index (χ2v) is 4.72. The Morgan fingerprint density at radius 3 is 2.83 bits per heavy atom. The molecule has 2 aliphatic rings. The van der Waals surface area contributed by atoms with Crippen molar-refractivity contribution in [2.75, 3.05) is 13.7 Å². The van der Waals surface area contributed by atoms with Gasteiger partial charge in [-0.1, -0.05) is 30.3 Å². The van der Waals surface area contributed by atoms with Crippen molar-refractivity contribution in [3.8, 4) is 0 Å². The zero-order chi connectivity index (χ0) is 12.4. The highest BCUT2D eigenvalue weighted by molar-refractivity contribution is 5.13. The van der Waals surface area contributed by atoms with Crippen molar-refractivity contribution in [3.05, 3.63) is 35.9 Å². The summed E-state index contributed by atoms with van der Waals surface area (Å²) in [5.41, 5.74) is 1.18. The molecule has 3 rings (SSSR count). The predicted octanol–water partition coefficient (Wildman–Crippen LogP) is 1.73. The van der Waals surface area contributed by atoms with Gasteiger partial charge in [-0.15, -0.1) is 0 Å². The molecule has 0 unspecified atom stereocenters. The molecular formula is C14H18O4. The third-order valence-electron chi connectivity index (χ3n) is 3.50. The molecule has 0 spiro atoms. The molecule has 2 bridgehead atoms. The van der Waals surface area contributed by atoms with Gasteiger partial charge in [0.25, 0.3) is 0 Å². The Labute approximate surface area is 107 Å². The first-order chi connectivity index (χ1) is 8.86. The van der Waals surface area contributed by atoms with Gasteiger partial charge in [0.2, 0.25) is 0 Å². The highest BCUT2D eigenvalue weighted by Crippen LogP contribution is 2.32. The summed E-state index contributed by atoms with van der Waals surface area (Å²) in [5, 5.41) is 0. The Bertz CT molecular complexity index is 381. The van der Waals surface area contributed by atoms with Crippen LogP contribution in [0.5, 0.6) is 0 Å². The van der Waals surface area contributed by atoms with Gasteiger partial charge in [0.05, 0.1) is 19.3 Å². The number of benzene rings is 1. The van der Waals surface area contributed by atoms with E-state index in [1.807, 2.05) is 18.2 Å². The maximum absolute atomic E-state index is 5.94. The van der Waals surface area contributed by atoms with Crippen LogP contribution in [0, 0.1) is 0 Å². The van der Waals surface area contributed by atoms with Crippen LogP contribution in [0.3, 0.4) is 0 Å². The van der Waals surface area contributed by atoms with E-state index in [0.717, 1.165) is 6.42 Å². The summed E-state index contributed by atoms with van der Waals surface area (Å²) in [6.45, 7) is 1.17. The summed E-state index contributed by atoms with van der Waals surface area (Å²) in [5.74, 6) is 0. The highest BCUT2D eigenvalue weighted by Gasteiger charge is 2.45. The molecule has 2 saturated heterocycles. The SMILES string of the molecule is CO[C@H]1OC[C@H]2O[C@@H]1C[C@@H]2OCc1ccccc1. The molecule has 2 heterocycles. The Kier molecular flexibility index (Phi) is 3.61. The van der Waals surface area contributed by atoms with Crippen LogP contribution in [-0.4, -0.2) is 38.3 Å². The summed E-state index contributed by atoms with van der Waals surface area (Å²) in [6, 6.07) is 10.2. The Morgan fingerprint density at radius 2 is 2.06 bits per heavy atom. The van der Waals surface area contributed by atoms with Crippen LogP contribution in [0.1, 0.15) is 12.0 Å². The molecule has 0 saturated carbocycles. The molecule has 2 fully saturated rings. The molecule has 0 radical (unpaired) electrons. The lowest BCUT2D eigenvalue weighted by molar-refractivity contribution is -0.243. The second-order valence-electron chi connectivity index (χ2n) is 4.72. The van der Waals surface area contributed by atoms with Gasteiger partial charge in [-0.25, -0.2) is 0 Å². The topological polar surface area (TPSA) is 36.9 Å². The zero-order valence-corrected chi connectivity index (χ0v) is 10.5. The van der Waals surface area contributed by atoms with Crippen molar-refractivity contribution in [2.45, 2.75) is 37.6 Å². The maximum Gasteiger partial charge on any atom is 0.183 e. The van der Waals surface area contributed by atoms with Crippen LogP contribution in [0.2, 0.25) is 0 Å². The fourth-order valence-corrected chi connectivity index (χ4v) is 2.54. The van der Waals surface area contributed by atoms with E-state index < -0.39 is 0 Å². The van der Waals surface area contributed by atoms with E-state index in [-0.39, 0.29) is 24.6 Å². The van der Waals surface area contributed by atoms with Crippen LogP contribution < -0.4 is 0 Å².